The Labute approximate surface area is 173 Å². The second kappa shape index (κ2) is 7.98. The second-order valence-electron chi connectivity index (χ2n) is 7.68. The first-order valence-electron chi connectivity index (χ1n) is 9.84. The Balaban J connectivity index is 1.78. The number of thioether (sulfide) groups is 1. The molecule has 3 atom stereocenters. The minimum Gasteiger partial charge on any atom is -0.368 e. The third-order valence-electron chi connectivity index (χ3n) is 5.82. The summed E-state index contributed by atoms with van der Waals surface area (Å²) < 4.78 is 1.89. The lowest BCUT2D eigenvalue weighted by molar-refractivity contribution is 0.173. The predicted molar refractivity (Wildman–Crippen MR) is 115 cm³/mol. The molecule has 1 aliphatic rings. The third-order valence-corrected chi connectivity index (χ3v) is 6.77. The fourth-order valence-electron chi connectivity index (χ4n) is 4.09. The summed E-state index contributed by atoms with van der Waals surface area (Å²) in [5, 5.41) is 1.33. The van der Waals surface area contributed by atoms with Crippen molar-refractivity contribution in [3.63, 3.8) is 0 Å². The van der Waals surface area contributed by atoms with E-state index in [1.165, 1.54) is 18.2 Å². The minimum atomic E-state index is 0.0127. The van der Waals surface area contributed by atoms with Crippen LogP contribution in [0.4, 0.5) is 11.9 Å². The van der Waals surface area contributed by atoms with Gasteiger partial charge in [0.25, 0.3) is 5.56 Å². The third kappa shape index (κ3) is 3.91. The highest BCUT2D eigenvalue weighted by atomic mass is 32.2. The normalized spacial score (nSPS) is 22.1. The number of anilines is 2. The number of para-hydroxylation sites is 1. The molecule has 29 heavy (non-hydrogen) atoms. The number of aromatic nitrogens is 5. The van der Waals surface area contributed by atoms with Crippen molar-refractivity contribution in [2.24, 2.45) is 11.8 Å². The maximum Gasteiger partial charge on any atom is 0.262 e. The Morgan fingerprint density at radius 1 is 1.07 bits per heavy atom. The molecule has 0 bridgehead atoms. The van der Waals surface area contributed by atoms with Crippen LogP contribution in [-0.2, 0) is 5.75 Å². The lowest BCUT2D eigenvalue weighted by atomic mass is 9.78. The van der Waals surface area contributed by atoms with Crippen LogP contribution in [0.1, 0.15) is 45.0 Å². The lowest BCUT2D eigenvalue weighted by Gasteiger charge is -2.36. The highest BCUT2D eigenvalue weighted by Gasteiger charge is 2.31. The number of fused-ring (bicyclic) bond motifs is 1. The van der Waals surface area contributed by atoms with Gasteiger partial charge in [-0.3, -0.25) is 9.36 Å². The van der Waals surface area contributed by atoms with E-state index in [1.807, 2.05) is 28.8 Å². The molecule has 0 saturated heterocycles. The largest absolute Gasteiger partial charge is 0.368 e. The number of benzene rings is 1. The molecule has 1 saturated carbocycles. The first kappa shape index (κ1) is 19.6. The summed E-state index contributed by atoms with van der Waals surface area (Å²) in [6.07, 6.45) is 3.28. The van der Waals surface area contributed by atoms with E-state index >= 15 is 0 Å². The molecule has 0 radical (unpaired) electrons. The number of hydrogen-bond donors (Lipinski definition) is 2. The lowest BCUT2D eigenvalue weighted by Crippen LogP contribution is -2.35. The Morgan fingerprint density at radius 3 is 2.55 bits per heavy atom. The number of nitrogens with zero attached hydrogens (tertiary/aromatic N) is 5. The fraction of sp³-hybridized carbons (Fsp3) is 0.450. The molecule has 1 aliphatic carbocycles. The van der Waals surface area contributed by atoms with Crippen LogP contribution in [0.2, 0.25) is 0 Å². The molecule has 1 fully saturated rings. The van der Waals surface area contributed by atoms with Crippen LogP contribution >= 0.6 is 11.8 Å². The molecular formula is C20H25N7OS. The summed E-state index contributed by atoms with van der Waals surface area (Å²) in [7, 11) is 0. The van der Waals surface area contributed by atoms with Crippen LogP contribution in [0.15, 0.2) is 34.2 Å². The highest BCUT2D eigenvalue weighted by Crippen LogP contribution is 2.39. The van der Waals surface area contributed by atoms with Crippen molar-refractivity contribution in [2.75, 3.05) is 11.5 Å². The van der Waals surface area contributed by atoms with Crippen molar-refractivity contribution in [1.82, 2.24) is 24.5 Å². The van der Waals surface area contributed by atoms with Crippen LogP contribution in [0.25, 0.3) is 10.9 Å². The van der Waals surface area contributed by atoms with Gasteiger partial charge in [0.05, 0.1) is 16.7 Å². The van der Waals surface area contributed by atoms with Gasteiger partial charge in [-0.1, -0.05) is 50.6 Å². The molecule has 3 aromatic rings. The molecule has 152 valence electrons. The Bertz CT molecular complexity index is 1080. The predicted octanol–water partition coefficient (Wildman–Crippen LogP) is 3.04. The van der Waals surface area contributed by atoms with E-state index in [0.717, 1.165) is 12.8 Å². The summed E-state index contributed by atoms with van der Waals surface area (Å²) in [6.45, 7) is 4.50. The van der Waals surface area contributed by atoms with Gasteiger partial charge in [0, 0.05) is 6.04 Å². The molecular weight excluding hydrogens is 386 g/mol. The van der Waals surface area contributed by atoms with E-state index in [1.54, 1.807) is 0 Å². The van der Waals surface area contributed by atoms with Crippen LogP contribution in [0, 0.1) is 11.8 Å². The summed E-state index contributed by atoms with van der Waals surface area (Å²) in [4.78, 5) is 30.4. The summed E-state index contributed by atoms with van der Waals surface area (Å²) in [6, 6.07) is 7.62. The first-order chi connectivity index (χ1) is 13.9. The summed E-state index contributed by atoms with van der Waals surface area (Å²) in [5.74, 6) is 2.01. The van der Waals surface area contributed by atoms with Gasteiger partial charge in [-0.2, -0.15) is 15.0 Å². The monoisotopic (exact) mass is 411 g/mol. The van der Waals surface area contributed by atoms with E-state index in [-0.39, 0.29) is 23.5 Å². The molecule has 2 aromatic heterocycles. The van der Waals surface area contributed by atoms with Crippen LogP contribution in [-0.4, -0.2) is 24.5 Å². The van der Waals surface area contributed by atoms with Crippen molar-refractivity contribution < 1.29 is 0 Å². The molecule has 0 spiro atoms. The van der Waals surface area contributed by atoms with Crippen LogP contribution in [0.5, 0.6) is 0 Å². The topological polar surface area (TPSA) is 126 Å². The molecule has 8 nitrogen and oxygen atoms in total. The van der Waals surface area contributed by atoms with Crippen LogP contribution < -0.4 is 17.0 Å². The van der Waals surface area contributed by atoms with Gasteiger partial charge >= 0.3 is 0 Å². The zero-order valence-corrected chi connectivity index (χ0v) is 17.4. The summed E-state index contributed by atoms with van der Waals surface area (Å²) in [5.41, 5.74) is 12.1. The first-order valence-corrected chi connectivity index (χ1v) is 10.8. The summed E-state index contributed by atoms with van der Waals surface area (Å²) >= 11 is 1.43. The molecule has 4 rings (SSSR count). The second-order valence-corrected chi connectivity index (χ2v) is 8.62. The number of nitrogen functional groups attached to an aromatic ring is 2. The standard InChI is InChI=1S/C20H25N7OS/c1-11-6-5-9-15(12(11)2)27-17(28)13-7-3-4-8-14(13)23-20(27)29-10-16-24-18(21)26-19(22)25-16/h3-4,7-8,11-12,15H,5-6,9-10H2,1-2H3,(H4,21,22,24,25,26)/t11-,12+,15-/m1/s1. The molecule has 1 aromatic carbocycles. The average Bonchev–Trinajstić information content (AvgIpc) is 2.68. The van der Waals surface area contributed by atoms with Crippen LogP contribution in [0.3, 0.4) is 0 Å². The molecule has 0 unspecified atom stereocenters. The molecule has 2 heterocycles. The van der Waals surface area contributed by atoms with Gasteiger partial charge in [0.1, 0.15) is 5.82 Å². The minimum absolute atomic E-state index is 0.0127. The average molecular weight is 412 g/mol. The maximum absolute atomic E-state index is 13.4. The zero-order valence-electron chi connectivity index (χ0n) is 16.6. The molecule has 0 aliphatic heterocycles. The van der Waals surface area contributed by atoms with Gasteiger partial charge in [0.15, 0.2) is 5.16 Å². The molecule has 9 heteroatoms. The SMILES string of the molecule is C[C@H]1[C@H](C)CCC[C@H]1n1c(SCc2nc(N)nc(N)n2)nc2ccccc2c1=O. The number of hydrogen-bond acceptors (Lipinski definition) is 8. The fourth-order valence-corrected chi connectivity index (χ4v) is 5.00. The van der Waals surface area contributed by atoms with E-state index in [4.69, 9.17) is 16.5 Å². The molecule has 0 amide bonds. The van der Waals surface area contributed by atoms with Gasteiger partial charge in [-0.05, 0) is 30.4 Å². The van der Waals surface area contributed by atoms with Gasteiger partial charge < -0.3 is 11.5 Å². The van der Waals surface area contributed by atoms with Crippen molar-refractivity contribution in [2.45, 2.75) is 50.1 Å². The van der Waals surface area contributed by atoms with E-state index in [9.17, 15) is 4.79 Å². The van der Waals surface area contributed by atoms with E-state index in [2.05, 4.69) is 28.8 Å². The Morgan fingerprint density at radius 2 is 1.79 bits per heavy atom. The van der Waals surface area contributed by atoms with E-state index < -0.39 is 0 Å². The van der Waals surface area contributed by atoms with E-state index in [0.29, 0.717) is 39.5 Å². The molecule has 4 N–H and O–H groups in total. The van der Waals surface area contributed by atoms with Gasteiger partial charge in [0.2, 0.25) is 11.9 Å². The number of rotatable bonds is 4. The number of nitrogens with two attached hydrogens (primary N) is 2. The Kier molecular flexibility index (Phi) is 5.40. The maximum atomic E-state index is 13.4. The van der Waals surface area contributed by atoms with Crippen molar-refractivity contribution in [3.8, 4) is 0 Å². The van der Waals surface area contributed by atoms with Crippen molar-refractivity contribution in [3.05, 3.63) is 40.4 Å². The van der Waals surface area contributed by atoms with Gasteiger partial charge in [-0.15, -0.1) is 0 Å². The van der Waals surface area contributed by atoms with Gasteiger partial charge in [-0.25, -0.2) is 4.98 Å². The van der Waals surface area contributed by atoms with Crippen molar-refractivity contribution >= 4 is 34.6 Å². The van der Waals surface area contributed by atoms with Crippen molar-refractivity contribution in [1.29, 1.82) is 0 Å². The Hall–Kier alpha value is -2.68. The highest BCUT2D eigenvalue weighted by molar-refractivity contribution is 7.98. The quantitative estimate of drug-likeness (QED) is 0.495. The zero-order chi connectivity index (χ0) is 20.5. The smallest absolute Gasteiger partial charge is 0.262 e.